The smallest absolute Gasteiger partial charge is 0.225 e. The molecule has 2 fully saturated rings. The van der Waals surface area contributed by atoms with Crippen LogP contribution in [0, 0.1) is 12.8 Å². The molecule has 2 aliphatic rings. The van der Waals surface area contributed by atoms with Crippen LogP contribution in [0.25, 0.3) is 0 Å². The Balaban J connectivity index is 1.50. The van der Waals surface area contributed by atoms with Gasteiger partial charge in [0.1, 0.15) is 0 Å². The zero-order valence-corrected chi connectivity index (χ0v) is 14.4. The number of aryl methyl sites for hydroxylation is 1. The van der Waals surface area contributed by atoms with Crippen LogP contribution in [0.4, 0.5) is 0 Å². The molecule has 0 aliphatic carbocycles. The van der Waals surface area contributed by atoms with Gasteiger partial charge in [0.2, 0.25) is 5.91 Å². The number of piperazine rings is 1. The minimum atomic E-state index is 0.231. The summed E-state index contributed by atoms with van der Waals surface area (Å²) < 4.78 is 0. The summed E-state index contributed by atoms with van der Waals surface area (Å²) in [6.45, 7) is 10.1. The molecule has 2 heterocycles. The number of nitrogens with zero attached hydrogens (tertiary/aromatic N) is 2. The highest BCUT2D eigenvalue weighted by Crippen LogP contribution is 2.20. The second-order valence-corrected chi connectivity index (χ2v) is 7.10. The lowest BCUT2D eigenvalue weighted by molar-refractivity contribution is -0.138. The van der Waals surface area contributed by atoms with Gasteiger partial charge >= 0.3 is 0 Å². The molecule has 0 radical (unpaired) electrons. The Morgan fingerprint density at radius 1 is 1.22 bits per heavy atom. The number of piperidine rings is 1. The number of amides is 1. The lowest BCUT2D eigenvalue weighted by Crippen LogP contribution is -2.51. The number of rotatable bonds is 3. The quantitative estimate of drug-likeness (QED) is 0.927. The first kappa shape index (κ1) is 16.5. The number of hydrogen-bond acceptors (Lipinski definition) is 3. The Bertz CT molecular complexity index is 537. The lowest BCUT2D eigenvalue weighted by Gasteiger charge is -2.38. The predicted octanol–water partition coefficient (Wildman–Crippen LogP) is 2.03. The van der Waals surface area contributed by atoms with Crippen molar-refractivity contribution in [1.82, 2.24) is 15.1 Å². The van der Waals surface area contributed by atoms with E-state index in [0.717, 1.165) is 52.1 Å². The van der Waals surface area contributed by atoms with Gasteiger partial charge in [0.15, 0.2) is 0 Å². The van der Waals surface area contributed by atoms with Crippen molar-refractivity contribution in [2.75, 3.05) is 32.7 Å². The normalized spacial score (nSPS) is 26.3. The Labute approximate surface area is 139 Å². The highest BCUT2D eigenvalue weighted by molar-refractivity contribution is 5.79. The molecule has 0 unspecified atom stereocenters. The summed E-state index contributed by atoms with van der Waals surface area (Å²) in [5, 5.41) is 3.43. The molecule has 2 aliphatic heterocycles. The van der Waals surface area contributed by atoms with Gasteiger partial charge in [-0.1, -0.05) is 24.3 Å². The van der Waals surface area contributed by atoms with Gasteiger partial charge in [-0.05, 0) is 44.4 Å². The van der Waals surface area contributed by atoms with E-state index in [9.17, 15) is 4.79 Å². The molecule has 1 aromatic rings. The number of benzene rings is 1. The molecule has 1 aromatic carbocycles. The number of carbonyl (C=O) groups excluding carboxylic acids is 1. The second kappa shape index (κ2) is 7.45. The Morgan fingerprint density at radius 2 is 1.96 bits per heavy atom. The maximum atomic E-state index is 12.7. The van der Waals surface area contributed by atoms with Gasteiger partial charge in [-0.15, -0.1) is 0 Å². The van der Waals surface area contributed by atoms with Crippen LogP contribution >= 0.6 is 0 Å². The number of carbonyl (C=O) groups is 1. The molecule has 1 amide bonds. The van der Waals surface area contributed by atoms with Gasteiger partial charge in [-0.2, -0.15) is 0 Å². The molecule has 4 heteroatoms. The number of hydrogen-bond donors (Lipinski definition) is 1. The van der Waals surface area contributed by atoms with E-state index in [1.807, 2.05) is 0 Å². The van der Waals surface area contributed by atoms with E-state index in [2.05, 4.69) is 53.2 Å². The van der Waals surface area contributed by atoms with E-state index >= 15 is 0 Å². The van der Waals surface area contributed by atoms with Crippen LogP contribution in [0.3, 0.4) is 0 Å². The fourth-order valence-electron chi connectivity index (χ4n) is 3.77. The highest BCUT2D eigenvalue weighted by Gasteiger charge is 2.30. The fourth-order valence-corrected chi connectivity index (χ4v) is 3.77. The monoisotopic (exact) mass is 315 g/mol. The average molecular weight is 315 g/mol. The summed E-state index contributed by atoms with van der Waals surface area (Å²) in [6.07, 6.45) is 1.98. The first-order valence-corrected chi connectivity index (χ1v) is 8.92. The SMILES string of the molecule is Cc1ccccc1CN1CCN(C(=O)[C@H]2CCN[C@@H](C)C2)CC1. The minimum Gasteiger partial charge on any atom is -0.340 e. The minimum absolute atomic E-state index is 0.231. The standard InChI is InChI=1S/C19H29N3O/c1-15-5-3-4-6-18(15)14-21-9-11-22(12-10-21)19(23)17-7-8-20-16(2)13-17/h3-6,16-17,20H,7-14H2,1-2H3/t16-,17-/m0/s1. The Morgan fingerprint density at radius 3 is 2.65 bits per heavy atom. The van der Waals surface area contributed by atoms with Crippen molar-refractivity contribution in [3.63, 3.8) is 0 Å². The zero-order chi connectivity index (χ0) is 16.2. The van der Waals surface area contributed by atoms with Crippen molar-refractivity contribution >= 4 is 5.91 Å². The van der Waals surface area contributed by atoms with Crippen LogP contribution in [-0.2, 0) is 11.3 Å². The van der Waals surface area contributed by atoms with Gasteiger partial charge < -0.3 is 10.2 Å². The van der Waals surface area contributed by atoms with Crippen molar-refractivity contribution in [1.29, 1.82) is 0 Å². The third-order valence-corrected chi connectivity index (χ3v) is 5.31. The van der Waals surface area contributed by atoms with Gasteiger partial charge in [0.25, 0.3) is 0 Å². The van der Waals surface area contributed by atoms with Crippen LogP contribution in [0.15, 0.2) is 24.3 Å². The van der Waals surface area contributed by atoms with E-state index in [-0.39, 0.29) is 5.92 Å². The van der Waals surface area contributed by atoms with Gasteiger partial charge in [-0.3, -0.25) is 9.69 Å². The molecule has 3 rings (SSSR count). The maximum absolute atomic E-state index is 12.7. The summed E-state index contributed by atoms with van der Waals surface area (Å²) in [5.74, 6) is 0.614. The molecule has 2 atom stereocenters. The molecule has 4 nitrogen and oxygen atoms in total. The Kier molecular flexibility index (Phi) is 5.34. The van der Waals surface area contributed by atoms with Gasteiger partial charge in [0.05, 0.1) is 0 Å². The van der Waals surface area contributed by atoms with Crippen LogP contribution in [0.5, 0.6) is 0 Å². The predicted molar refractivity (Wildman–Crippen MR) is 93.2 cm³/mol. The average Bonchev–Trinajstić information content (AvgIpc) is 2.57. The van der Waals surface area contributed by atoms with E-state index in [4.69, 9.17) is 0 Å². The zero-order valence-electron chi connectivity index (χ0n) is 14.4. The van der Waals surface area contributed by atoms with E-state index < -0.39 is 0 Å². The fraction of sp³-hybridized carbons (Fsp3) is 0.632. The van der Waals surface area contributed by atoms with Crippen LogP contribution in [-0.4, -0.2) is 54.5 Å². The summed E-state index contributed by atoms with van der Waals surface area (Å²) in [6, 6.07) is 9.06. The first-order chi connectivity index (χ1) is 11.1. The summed E-state index contributed by atoms with van der Waals surface area (Å²) in [7, 11) is 0. The van der Waals surface area contributed by atoms with Crippen molar-refractivity contribution in [2.45, 2.75) is 39.3 Å². The molecule has 23 heavy (non-hydrogen) atoms. The van der Waals surface area contributed by atoms with Gasteiger partial charge in [0, 0.05) is 44.7 Å². The molecular weight excluding hydrogens is 286 g/mol. The lowest BCUT2D eigenvalue weighted by atomic mass is 9.92. The van der Waals surface area contributed by atoms with E-state index in [1.54, 1.807) is 0 Å². The third kappa shape index (κ3) is 4.12. The van der Waals surface area contributed by atoms with Crippen molar-refractivity contribution < 1.29 is 4.79 Å². The molecule has 0 saturated carbocycles. The highest BCUT2D eigenvalue weighted by atomic mass is 16.2. The molecule has 126 valence electrons. The summed E-state index contributed by atoms with van der Waals surface area (Å²) in [5.41, 5.74) is 2.76. The largest absolute Gasteiger partial charge is 0.340 e. The van der Waals surface area contributed by atoms with E-state index in [1.165, 1.54) is 11.1 Å². The third-order valence-electron chi connectivity index (χ3n) is 5.31. The molecule has 1 N–H and O–H groups in total. The molecule has 0 bridgehead atoms. The molecule has 2 saturated heterocycles. The van der Waals surface area contributed by atoms with Crippen molar-refractivity contribution in [2.24, 2.45) is 5.92 Å². The number of nitrogens with one attached hydrogen (secondary N) is 1. The first-order valence-electron chi connectivity index (χ1n) is 8.92. The van der Waals surface area contributed by atoms with E-state index in [0.29, 0.717) is 11.9 Å². The second-order valence-electron chi connectivity index (χ2n) is 7.10. The maximum Gasteiger partial charge on any atom is 0.225 e. The topological polar surface area (TPSA) is 35.6 Å². The summed E-state index contributed by atoms with van der Waals surface area (Å²) >= 11 is 0. The molecule has 0 aromatic heterocycles. The van der Waals surface area contributed by atoms with Crippen LogP contribution < -0.4 is 5.32 Å². The van der Waals surface area contributed by atoms with Crippen molar-refractivity contribution in [3.05, 3.63) is 35.4 Å². The molecular formula is C19H29N3O. The van der Waals surface area contributed by atoms with Crippen molar-refractivity contribution in [3.8, 4) is 0 Å². The van der Waals surface area contributed by atoms with Gasteiger partial charge in [-0.25, -0.2) is 0 Å². The Hall–Kier alpha value is -1.39. The summed E-state index contributed by atoms with van der Waals surface area (Å²) in [4.78, 5) is 17.3. The molecule has 0 spiro atoms. The van der Waals surface area contributed by atoms with Crippen LogP contribution in [0.2, 0.25) is 0 Å². The van der Waals surface area contributed by atoms with Crippen LogP contribution in [0.1, 0.15) is 30.9 Å².